The van der Waals surface area contributed by atoms with Crippen LogP contribution in [0.4, 0.5) is 0 Å². The summed E-state index contributed by atoms with van der Waals surface area (Å²) in [7, 11) is 17.9. The van der Waals surface area contributed by atoms with E-state index in [2.05, 4.69) is 135 Å². The summed E-state index contributed by atoms with van der Waals surface area (Å²) in [6, 6.07) is 30.5. The normalized spacial score (nSPS) is 16.6. The number of fused-ring (bicyclic) bond motifs is 2. The topological polar surface area (TPSA) is 58.2 Å². The van der Waals surface area contributed by atoms with Gasteiger partial charge < -0.3 is 0 Å². The Balaban J connectivity index is 1.71. The van der Waals surface area contributed by atoms with Gasteiger partial charge in [-0.05, 0) is 0 Å². The van der Waals surface area contributed by atoms with Crippen LogP contribution in [0.1, 0.15) is 134 Å². The van der Waals surface area contributed by atoms with Crippen LogP contribution < -0.4 is 10.5 Å². The number of carbonyl (C=O) groups excluding carboxylic acids is 2. The number of carbonyl (C=O) groups is 2. The zero-order chi connectivity index (χ0) is 40.1. The zero-order valence-corrected chi connectivity index (χ0v) is 38.1. The van der Waals surface area contributed by atoms with Gasteiger partial charge in [0.15, 0.2) is 0 Å². The number of amides is 2. The minimum absolute atomic E-state index is 0.182. The number of allylic oxidation sites excluding steroid dienone is 2. The number of rotatable bonds is 17. The number of nitrogens with one attached hydrogen (secondary N) is 2. The van der Waals surface area contributed by atoms with Gasteiger partial charge in [0.25, 0.3) is 0 Å². The van der Waals surface area contributed by atoms with E-state index in [-0.39, 0.29) is 31.9 Å². The third-order valence-electron chi connectivity index (χ3n) is 12.2. The Hall–Kier alpha value is -3.17. The van der Waals surface area contributed by atoms with Crippen molar-refractivity contribution in [2.45, 2.75) is 113 Å². The van der Waals surface area contributed by atoms with E-state index in [1.54, 1.807) is 0 Å². The molecule has 6 rings (SSSR count). The molecule has 0 heterocycles. The van der Waals surface area contributed by atoms with Crippen molar-refractivity contribution < 1.29 is 25.8 Å². The molecule has 2 unspecified atom stereocenters. The molecule has 0 fully saturated rings. The van der Waals surface area contributed by atoms with Crippen LogP contribution in [0.2, 0.25) is 0 Å². The van der Waals surface area contributed by atoms with E-state index in [9.17, 15) is 9.59 Å². The standard InChI is InChI=1S/2C21H23.C6H11BN2O2.2ClH.Zr/c2*1-3-5-9-16-14-18-11-8-13-20(21(18)15-16)19-12-7-6-10-17(19)4-2;1-3-5(10)8-7-9-6(11)4-2;;;/h2*6-8,10-15H,3-5,9H2,1-2H3;3-4H2,1-2H3,(H-,8,9,10,11);2*1H;/q;;;;;+1/p-1. The second-order valence-corrected chi connectivity index (χ2v) is 37.1. The Bertz CT molecular complexity index is 2010. The van der Waals surface area contributed by atoms with Crippen molar-refractivity contribution in [1.29, 1.82) is 0 Å². The SMILES string of the molecule is CCCCC1=Cc2c(-c3ccccc3CC)cccc2[CH]1[Zr]([Cl])([Cl])([B](NC(=O)CC)NC(=O)CC)[CH]1C(CCCC)=Cc2c(-c3ccccc3CC)cccc21. The van der Waals surface area contributed by atoms with Crippen molar-refractivity contribution >= 4 is 45.5 Å². The average Bonchev–Trinajstić information content (AvgIpc) is 3.81. The van der Waals surface area contributed by atoms with Gasteiger partial charge in [0.2, 0.25) is 0 Å². The molecule has 0 spiro atoms. The number of unbranched alkanes of at least 4 members (excludes halogenated alkanes) is 2. The molecule has 8 heteroatoms. The van der Waals surface area contributed by atoms with Gasteiger partial charge in [-0.2, -0.15) is 0 Å². The predicted molar refractivity (Wildman–Crippen MR) is 237 cm³/mol. The summed E-state index contributed by atoms with van der Waals surface area (Å²) >= 11 is -6.00. The van der Waals surface area contributed by atoms with E-state index in [4.69, 9.17) is 17.0 Å². The molecule has 2 aliphatic rings. The monoisotopic (exact) mass is 865 g/mol. The van der Waals surface area contributed by atoms with Crippen LogP contribution in [-0.2, 0) is 38.6 Å². The van der Waals surface area contributed by atoms with Crippen LogP contribution in [0, 0.1) is 0 Å². The first kappa shape index (κ1) is 42.4. The van der Waals surface area contributed by atoms with Gasteiger partial charge in [-0.1, -0.05) is 0 Å². The summed E-state index contributed by atoms with van der Waals surface area (Å²) in [6.07, 6.45) is 12.7. The quantitative estimate of drug-likeness (QED) is 0.104. The molecule has 0 saturated heterocycles. The van der Waals surface area contributed by atoms with Crippen molar-refractivity contribution in [3.05, 3.63) is 129 Å². The van der Waals surface area contributed by atoms with Crippen molar-refractivity contribution in [1.82, 2.24) is 10.5 Å². The average molecular weight is 868 g/mol. The fraction of sp³-hybridized carbons (Fsp3) is 0.375. The van der Waals surface area contributed by atoms with Gasteiger partial charge >= 0.3 is 346 Å². The number of hydrogen-bond acceptors (Lipinski definition) is 2. The summed E-state index contributed by atoms with van der Waals surface area (Å²) in [5.74, 6) is -0.363. The second kappa shape index (κ2) is 18.2. The fourth-order valence-corrected chi connectivity index (χ4v) is 30.2. The molecule has 4 aromatic carbocycles. The summed E-state index contributed by atoms with van der Waals surface area (Å²) in [5, 5.41) is 6.63. The Labute approximate surface area is 344 Å². The van der Waals surface area contributed by atoms with Crippen LogP contribution in [-0.4, -0.2) is 16.3 Å². The van der Waals surface area contributed by atoms with Crippen molar-refractivity contribution in [3.8, 4) is 22.3 Å². The predicted octanol–water partition coefficient (Wildman–Crippen LogP) is 13.1. The Kier molecular flexibility index (Phi) is 13.8. The second-order valence-electron chi connectivity index (χ2n) is 15.7. The van der Waals surface area contributed by atoms with Gasteiger partial charge in [0, 0.05) is 0 Å². The van der Waals surface area contributed by atoms with Gasteiger partial charge in [0.05, 0.1) is 0 Å². The summed E-state index contributed by atoms with van der Waals surface area (Å²) in [5.41, 5.74) is 14.2. The van der Waals surface area contributed by atoms with Gasteiger partial charge in [-0.3, -0.25) is 0 Å². The molecular weight excluding hydrogens is 809 g/mol. The maximum absolute atomic E-state index is 13.8. The molecule has 2 atom stereocenters. The van der Waals surface area contributed by atoms with Crippen molar-refractivity contribution in [2.75, 3.05) is 0 Å². The molecule has 0 saturated carbocycles. The summed E-state index contributed by atoms with van der Waals surface area (Å²) < 4.78 is -1.68. The molecule has 4 aromatic rings. The molecule has 0 aliphatic heterocycles. The number of benzene rings is 4. The molecule has 0 bridgehead atoms. The third-order valence-corrected chi connectivity index (χ3v) is 32.2. The Morgan fingerprint density at radius 1 is 0.571 bits per heavy atom. The summed E-state index contributed by atoms with van der Waals surface area (Å²) in [4.78, 5) is 27.5. The number of hydrogen-bond donors (Lipinski definition) is 2. The van der Waals surface area contributed by atoms with Crippen molar-refractivity contribution in [3.63, 3.8) is 0 Å². The molecule has 0 aromatic heterocycles. The molecule has 4 nitrogen and oxygen atoms in total. The van der Waals surface area contributed by atoms with E-state index in [1.807, 2.05) is 13.8 Å². The van der Waals surface area contributed by atoms with Gasteiger partial charge in [-0.25, -0.2) is 0 Å². The molecule has 2 amide bonds. The maximum atomic E-state index is 13.8. The van der Waals surface area contributed by atoms with E-state index in [1.165, 1.54) is 44.5 Å². The van der Waals surface area contributed by atoms with Crippen molar-refractivity contribution in [2.24, 2.45) is 0 Å². The zero-order valence-electron chi connectivity index (χ0n) is 34.1. The van der Waals surface area contributed by atoms with E-state index in [0.717, 1.165) is 73.6 Å². The number of halogens is 2. The Morgan fingerprint density at radius 3 is 1.34 bits per heavy atom. The van der Waals surface area contributed by atoms with Gasteiger partial charge in [0.1, 0.15) is 0 Å². The summed E-state index contributed by atoms with van der Waals surface area (Å²) in [6.45, 7) is 12.5. The fourth-order valence-electron chi connectivity index (χ4n) is 9.42. The molecule has 2 aliphatic carbocycles. The molecular formula is C48H58BCl2N2O2Zr. The first-order valence-electron chi connectivity index (χ1n) is 21.0. The first-order chi connectivity index (χ1) is 27.0. The first-order valence-corrected chi connectivity index (χ1v) is 31.6. The van der Waals surface area contributed by atoms with Crippen LogP contribution >= 0.6 is 17.0 Å². The Morgan fingerprint density at radius 2 is 0.964 bits per heavy atom. The molecule has 0 radical (unpaired) electrons. The van der Waals surface area contributed by atoms with Gasteiger partial charge in [-0.15, -0.1) is 0 Å². The third kappa shape index (κ3) is 7.85. The van der Waals surface area contributed by atoms with Crippen LogP contribution in [0.25, 0.3) is 34.4 Å². The minimum atomic E-state index is -6.00. The molecule has 2 N–H and O–H groups in total. The van der Waals surface area contributed by atoms with E-state index in [0.29, 0.717) is 0 Å². The molecule has 293 valence electrons. The molecule has 56 heavy (non-hydrogen) atoms. The van der Waals surface area contributed by atoms with Crippen LogP contribution in [0.15, 0.2) is 96.1 Å². The van der Waals surface area contributed by atoms with Crippen LogP contribution in [0.5, 0.6) is 0 Å². The van der Waals surface area contributed by atoms with E-state index >= 15 is 0 Å². The van der Waals surface area contributed by atoms with E-state index < -0.39 is 20.7 Å². The number of aryl methyl sites for hydroxylation is 2. The van der Waals surface area contributed by atoms with Crippen LogP contribution in [0.3, 0.4) is 0 Å².